The lowest BCUT2D eigenvalue weighted by Crippen LogP contribution is -2.24. The van der Waals surface area contributed by atoms with Gasteiger partial charge in [0.25, 0.3) is 0 Å². The van der Waals surface area contributed by atoms with Crippen molar-refractivity contribution >= 4 is 5.97 Å². The molecule has 0 bridgehead atoms. The van der Waals surface area contributed by atoms with Gasteiger partial charge in [-0.05, 0) is 13.3 Å². The van der Waals surface area contributed by atoms with Crippen molar-refractivity contribution in [3.05, 3.63) is 10.1 Å². The average Bonchev–Trinajstić information content (AvgIpc) is 2.00. The van der Waals surface area contributed by atoms with E-state index in [0.29, 0.717) is 6.42 Å². The highest BCUT2D eigenvalue weighted by Crippen LogP contribution is 2.05. The lowest BCUT2D eigenvalue weighted by Gasteiger charge is -2.08. The zero-order chi connectivity index (χ0) is 9.56. The standard InChI is InChI=1S/C7H13NO4/c1-3-6(5-8(10)11)7(9)12-4-2/h6H,3-5H2,1-2H3. The number of esters is 1. The second kappa shape index (κ2) is 5.51. The van der Waals surface area contributed by atoms with E-state index in [-0.39, 0.29) is 13.2 Å². The smallest absolute Gasteiger partial charge is 0.315 e. The molecule has 0 aliphatic rings. The number of hydrogen-bond acceptors (Lipinski definition) is 4. The molecule has 0 aliphatic carbocycles. The molecule has 1 unspecified atom stereocenters. The summed E-state index contributed by atoms with van der Waals surface area (Å²) in [5.41, 5.74) is 0. The molecule has 0 aliphatic heterocycles. The van der Waals surface area contributed by atoms with Crippen LogP contribution >= 0.6 is 0 Å². The van der Waals surface area contributed by atoms with Crippen molar-refractivity contribution in [1.29, 1.82) is 0 Å². The third kappa shape index (κ3) is 3.90. The quantitative estimate of drug-likeness (QED) is 0.353. The second-order valence-electron chi connectivity index (χ2n) is 2.37. The fourth-order valence-electron chi connectivity index (χ4n) is 0.810. The molecule has 0 aromatic heterocycles. The van der Waals surface area contributed by atoms with E-state index in [1.54, 1.807) is 13.8 Å². The molecule has 12 heavy (non-hydrogen) atoms. The van der Waals surface area contributed by atoms with Gasteiger partial charge in [0.1, 0.15) is 5.92 Å². The van der Waals surface area contributed by atoms with Crippen molar-refractivity contribution in [3.8, 4) is 0 Å². The number of carbonyl (C=O) groups is 1. The van der Waals surface area contributed by atoms with Crippen LogP contribution in [0.3, 0.4) is 0 Å². The fraction of sp³-hybridized carbons (Fsp3) is 0.857. The van der Waals surface area contributed by atoms with Crippen LogP contribution in [0.15, 0.2) is 0 Å². The zero-order valence-corrected chi connectivity index (χ0v) is 7.28. The summed E-state index contributed by atoms with van der Waals surface area (Å²) in [6, 6.07) is 0. The van der Waals surface area contributed by atoms with Crippen molar-refractivity contribution in [2.24, 2.45) is 5.92 Å². The zero-order valence-electron chi connectivity index (χ0n) is 7.28. The van der Waals surface area contributed by atoms with E-state index in [1.807, 2.05) is 0 Å². The maximum Gasteiger partial charge on any atom is 0.315 e. The van der Waals surface area contributed by atoms with Crippen LogP contribution in [0.4, 0.5) is 0 Å². The number of hydrogen-bond donors (Lipinski definition) is 0. The molecule has 1 atom stereocenters. The molecule has 0 radical (unpaired) electrons. The summed E-state index contributed by atoms with van der Waals surface area (Å²) >= 11 is 0. The third-order valence-corrected chi connectivity index (χ3v) is 1.48. The van der Waals surface area contributed by atoms with Crippen LogP contribution in [0.1, 0.15) is 20.3 Å². The van der Waals surface area contributed by atoms with Crippen molar-refractivity contribution in [3.63, 3.8) is 0 Å². The van der Waals surface area contributed by atoms with E-state index in [0.717, 1.165) is 0 Å². The fourth-order valence-corrected chi connectivity index (χ4v) is 0.810. The SMILES string of the molecule is CCOC(=O)C(CC)C[N+](=O)[O-]. The highest BCUT2D eigenvalue weighted by atomic mass is 16.6. The van der Waals surface area contributed by atoms with Crippen LogP contribution in [0.2, 0.25) is 0 Å². The van der Waals surface area contributed by atoms with Gasteiger partial charge in [-0.2, -0.15) is 0 Å². The Kier molecular flexibility index (Phi) is 4.99. The predicted octanol–water partition coefficient (Wildman–Crippen LogP) is 0.852. The number of rotatable bonds is 5. The highest BCUT2D eigenvalue weighted by molar-refractivity contribution is 5.72. The molecule has 0 saturated heterocycles. The van der Waals surface area contributed by atoms with Gasteiger partial charge in [-0.15, -0.1) is 0 Å². The van der Waals surface area contributed by atoms with Crippen molar-refractivity contribution < 1.29 is 14.5 Å². The van der Waals surface area contributed by atoms with Gasteiger partial charge in [0.05, 0.1) is 6.61 Å². The summed E-state index contributed by atoms with van der Waals surface area (Å²) in [6.45, 7) is 3.34. The minimum Gasteiger partial charge on any atom is -0.466 e. The van der Waals surface area contributed by atoms with Gasteiger partial charge < -0.3 is 4.74 Å². The summed E-state index contributed by atoms with van der Waals surface area (Å²) in [5, 5.41) is 10.1. The van der Waals surface area contributed by atoms with Gasteiger partial charge in [0.15, 0.2) is 0 Å². The molecule has 0 heterocycles. The van der Waals surface area contributed by atoms with Crippen LogP contribution in [-0.2, 0) is 9.53 Å². The van der Waals surface area contributed by atoms with Gasteiger partial charge in [-0.1, -0.05) is 6.92 Å². The number of nitro groups is 1. The minimum absolute atomic E-state index is 0.271. The van der Waals surface area contributed by atoms with E-state index >= 15 is 0 Å². The first-order chi connectivity index (χ1) is 5.61. The van der Waals surface area contributed by atoms with E-state index in [9.17, 15) is 14.9 Å². The molecular weight excluding hydrogens is 162 g/mol. The Morgan fingerprint density at radius 2 is 2.17 bits per heavy atom. The molecular formula is C7H13NO4. The average molecular weight is 175 g/mol. The molecule has 0 saturated carbocycles. The molecule has 0 aromatic rings. The molecule has 70 valence electrons. The normalized spacial score (nSPS) is 12.2. The Morgan fingerprint density at radius 1 is 1.58 bits per heavy atom. The van der Waals surface area contributed by atoms with Crippen LogP contribution in [0.5, 0.6) is 0 Å². The summed E-state index contributed by atoms with van der Waals surface area (Å²) in [7, 11) is 0. The second-order valence-corrected chi connectivity index (χ2v) is 2.37. The Balaban J connectivity index is 3.96. The van der Waals surface area contributed by atoms with Gasteiger partial charge >= 0.3 is 5.97 Å². The van der Waals surface area contributed by atoms with Gasteiger partial charge in [0, 0.05) is 4.92 Å². The summed E-state index contributed by atoms with van der Waals surface area (Å²) in [6.07, 6.45) is 0.444. The Hall–Kier alpha value is -1.13. The van der Waals surface area contributed by atoms with Crippen LogP contribution in [0.25, 0.3) is 0 Å². The molecule has 0 aromatic carbocycles. The molecule has 0 rings (SSSR count). The number of ether oxygens (including phenoxy) is 1. The summed E-state index contributed by atoms with van der Waals surface area (Å²) < 4.78 is 4.65. The maximum atomic E-state index is 11.0. The lowest BCUT2D eigenvalue weighted by molar-refractivity contribution is -0.486. The minimum atomic E-state index is -0.597. The van der Waals surface area contributed by atoms with Crippen LogP contribution in [0, 0.1) is 16.0 Å². The molecule has 0 N–H and O–H groups in total. The van der Waals surface area contributed by atoms with Crippen molar-refractivity contribution in [2.75, 3.05) is 13.2 Å². The maximum absolute atomic E-state index is 11.0. The van der Waals surface area contributed by atoms with E-state index < -0.39 is 16.8 Å². The molecule has 0 spiro atoms. The van der Waals surface area contributed by atoms with Crippen molar-refractivity contribution in [2.45, 2.75) is 20.3 Å². The first-order valence-corrected chi connectivity index (χ1v) is 3.90. The molecule has 0 amide bonds. The summed E-state index contributed by atoms with van der Waals surface area (Å²) in [5.74, 6) is -1.07. The van der Waals surface area contributed by atoms with Gasteiger partial charge in [-0.3, -0.25) is 14.9 Å². The Morgan fingerprint density at radius 3 is 2.50 bits per heavy atom. The third-order valence-electron chi connectivity index (χ3n) is 1.48. The van der Waals surface area contributed by atoms with Crippen LogP contribution < -0.4 is 0 Å². The predicted molar refractivity (Wildman–Crippen MR) is 42.3 cm³/mol. The lowest BCUT2D eigenvalue weighted by atomic mass is 10.1. The first-order valence-electron chi connectivity index (χ1n) is 3.90. The Bertz CT molecular complexity index is 169. The topological polar surface area (TPSA) is 69.4 Å². The molecule has 0 fully saturated rings. The summed E-state index contributed by atoms with van der Waals surface area (Å²) in [4.78, 5) is 20.6. The highest BCUT2D eigenvalue weighted by Gasteiger charge is 2.22. The van der Waals surface area contributed by atoms with Crippen molar-refractivity contribution in [1.82, 2.24) is 0 Å². The monoisotopic (exact) mass is 175 g/mol. The van der Waals surface area contributed by atoms with Gasteiger partial charge in [-0.25, -0.2) is 0 Å². The van der Waals surface area contributed by atoms with Gasteiger partial charge in [0.2, 0.25) is 6.54 Å². The largest absolute Gasteiger partial charge is 0.466 e. The number of nitrogens with zero attached hydrogens (tertiary/aromatic N) is 1. The van der Waals surface area contributed by atoms with E-state index in [1.165, 1.54) is 0 Å². The van der Waals surface area contributed by atoms with E-state index in [2.05, 4.69) is 4.74 Å². The van der Waals surface area contributed by atoms with E-state index in [4.69, 9.17) is 0 Å². The van der Waals surface area contributed by atoms with Crippen LogP contribution in [-0.4, -0.2) is 24.0 Å². The molecule has 5 nitrogen and oxygen atoms in total. The Labute approximate surface area is 70.9 Å². The number of carbonyl (C=O) groups excluding carboxylic acids is 1. The first kappa shape index (κ1) is 10.9. The molecule has 5 heteroatoms.